The van der Waals surface area contributed by atoms with Gasteiger partial charge in [0.25, 0.3) is 0 Å². The van der Waals surface area contributed by atoms with Crippen molar-refractivity contribution in [1.82, 2.24) is 0 Å². The third kappa shape index (κ3) is 3.15. The van der Waals surface area contributed by atoms with Crippen molar-refractivity contribution in [3.05, 3.63) is 51.7 Å². The first-order chi connectivity index (χ1) is 12.7. The minimum absolute atomic E-state index is 0.0307. The second-order valence-corrected chi connectivity index (χ2v) is 6.39. The first-order valence-corrected chi connectivity index (χ1v) is 8.10. The van der Waals surface area contributed by atoms with Crippen molar-refractivity contribution in [1.29, 1.82) is 0 Å². The van der Waals surface area contributed by atoms with E-state index in [1.54, 1.807) is 6.08 Å². The maximum absolute atomic E-state index is 12.6. The second kappa shape index (κ2) is 6.60. The number of benzene rings is 2. The summed E-state index contributed by atoms with van der Waals surface area (Å²) in [5, 5.41) is 50.0. The number of hydrogen-bond acceptors (Lipinski definition) is 7. The van der Waals surface area contributed by atoms with E-state index >= 15 is 0 Å². The van der Waals surface area contributed by atoms with Gasteiger partial charge in [-0.2, -0.15) is 0 Å². The first kappa shape index (κ1) is 18.2. The largest absolute Gasteiger partial charge is 0.508 e. The van der Waals surface area contributed by atoms with E-state index in [1.807, 2.05) is 13.8 Å². The number of phenols is 4. The molecule has 0 aliphatic carbocycles. The van der Waals surface area contributed by atoms with Crippen molar-refractivity contribution < 1.29 is 29.9 Å². The van der Waals surface area contributed by atoms with E-state index in [1.165, 1.54) is 18.2 Å². The maximum Gasteiger partial charge on any atom is 0.238 e. The van der Waals surface area contributed by atoms with Crippen LogP contribution < -0.4 is 5.43 Å². The summed E-state index contributed by atoms with van der Waals surface area (Å²) in [7, 11) is 0. The van der Waals surface area contributed by atoms with E-state index in [2.05, 4.69) is 0 Å². The normalized spacial score (nSPS) is 10.9. The number of rotatable bonds is 3. The second-order valence-electron chi connectivity index (χ2n) is 6.39. The van der Waals surface area contributed by atoms with Gasteiger partial charge in [-0.15, -0.1) is 0 Å². The van der Waals surface area contributed by atoms with Gasteiger partial charge in [-0.05, 0) is 32.4 Å². The molecule has 0 amide bonds. The summed E-state index contributed by atoms with van der Waals surface area (Å²) >= 11 is 0. The van der Waals surface area contributed by atoms with Crippen LogP contribution in [0.25, 0.3) is 22.3 Å². The van der Waals surface area contributed by atoms with Crippen LogP contribution in [-0.4, -0.2) is 25.5 Å². The van der Waals surface area contributed by atoms with Crippen LogP contribution in [0.4, 0.5) is 0 Å². The van der Waals surface area contributed by atoms with E-state index in [0.29, 0.717) is 0 Å². The third-order valence-electron chi connectivity index (χ3n) is 4.16. The number of aromatic hydroxyl groups is 5. The van der Waals surface area contributed by atoms with Gasteiger partial charge in [0, 0.05) is 17.7 Å². The summed E-state index contributed by atoms with van der Waals surface area (Å²) in [5.74, 6) is -2.53. The average Bonchev–Trinajstić information content (AvgIpc) is 2.57. The van der Waals surface area contributed by atoms with Gasteiger partial charge in [0.15, 0.2) is 5.76 Å². The molecule has 5 N–H and O–H groups in total. The highest BCUT2D eigenvalue weighted by atomic mass is 16.4. The molecule has 1 heterocycles. The van der Waals surface area contributed by atoms with Gasteiger partial charge in [-0.25, -0.2) is 0 Å². The van der Waals surface area contributed by atoms with Crippen LogP contribution in [-0.2, 0) is 6.42 Å². The zero-order chi connectivity index (χ0) is 19.9. The van der Waals surface area contributed by atoms with Gasteiger partial charge in [-0.1, -0.05) is 11.6 Å². The molecule has 0 aliphatic heterocycles. The van der Waals surface area contributed by atoms with E-state index in [4.69, 9.17) is 4.42 Å². The minimum atomic E-state index is -0.908. The average molecular weight is 370 g/mol. The molecular formula is C20H18O7. The molecule has 1 aromatic heterocycles. The summed E-state index contributed by atoms with van der Waals surface area (Å²) in [6, 6.07) is 4.70. The van der Waals surface area contributed by atoms with E-state index in [0.717, 1.165) is 11.6 Å². The fraction of sp³-hybridized carbons (Fsp3) is 0.150. The monoisotopic (exact) mass is 370 g/mol. The molecule has 3 rings (SSSR count). The molecular weight excluding hydrogens is 352 g/mol. The van der Waals surface area contributed by atoms with Gasteiger partial charge in [0.1, 0.15) is 34.0 Å². The SMILES string of the molecule is CC(C)=CCc1c(O)cc2oc(-c3ccc(O)cc3O)c(O)c(=O)c2c1O. The summed E-state index contributed by atoms with van der Waals surface area (Å²) in [6.45, 7) is 3.71. The predicted octanol–water partition coefficient (Wildman–Crippen LogP) is 3.50. The Hall–Kier alpha value is -3.61. The highest BCUT2D eigenvalue weighted by Gasteiger charge is 2.23. The molecule has 0 bridgehead atoms. The van der Waals surface area contributed by atoms with Crippen LogP contribution in [0.5, 0.6) is 28.7 Å². The van der Waals surface area contributed by atoms with Crippen molar-refractivity contribution in [2.24, 2.45) is 0 Å². The molecule has 0 unspecified atom stereocenters. The van der Waals surface area contributed by atoms with Crippen molar-refractivity contribution in [3.63, 3.8) is 0 Å². The molecule has 2 aromatic carbocycles. The molecule has 3 aromatic rings. The molecule has 7 heteroatoms. The fourth-order valence-corrected chi connectivity index (χ4v) is 2.75. The Labute approximate surface area is 153 Å². The lowest BCUT2D eigenvalue weighted by atomic mass is 10.0. The van der Waals surface area contributed by atoms with Gasteiger partial charge in [-0.3, -0.25) is 4.79 Å². The number of allylic oxidation sites excluding steroid dienone is 2. The van der Waals surface area contributed by atoms with Gasteiger partial charge >= 0.3 is 0 Å². The summed E-state index contributed by atoms with van der Waals surface area (Å²) in [6.07, 6.45) is 1.96. The Morgan fingerprint density at radius 1 is 1.00 bits per heavy atom. The molecule has 0 saturated heterocycles. The third-order valence-corrected chi connectivity index (χ3v) is 4.16. The zero-order valence-electron chi connectivity index (χ0n) is 14.6. The van der Waals surface area contributed by atoms with Crippen molar-refractivity contribution >= 4 is 11.0 Å². The Kier molecular flexibility index (Phi) is 4.45. The molecule has 0 spiro atoms. The molecule has 0 radical (unpaired) electrons. The van der Waals surface area contributed by atoms with Crippen molar-refractivity contribution in [2.45, 2.75) is 20.3 Å². The number of phenolic OH excluding ortho intramolecular Hbond substituents is 4. The Morgan fingerprint density at radius 3 is 2.33 bits per heavy atom. The van der Waals surface area contributed by atoms with E-state index < -0.39 is 22.7 Å². The number of hydrogen-bond donors (Lipinski definition) is 5. The quantitative estimate of drug-likeness (QED) is 0.446. The van der Waals surface area contributed by atoms with Gasteiger partial charge in [0.05, 0.1) is 5.56 Å². The lowest BCUT2D eigenvalue weighted by Gasteiger charge is -2.12. The van der Waals surface area contributed by atoms with Crippen LogP contribution in [0, 0.1) is 0 Å². The molecule has 0 atom stereocenters. The Morgan fingerprint density at radius 2 is 1.70 bits per heavy atom. The molecule has 7 nitrogen and oxygen atoms in total. The van der Waals surface area contributed by atoms with Gasteiger partial charge in [0.2, 0.25) is 11.2 Å². The summed E-state index contributed by atoms with van der Waals surface area (Å²) in [5.41, 5.74) is 0.000333. The standard InChI is InChI=1S/C20H18O7/c1-9(2)3-5-11-14(23)8-15-16(17(11)24)18(25)19(26)20(27-15)12-6-4-10(21)7-13(12)22/h3-4,6-8,21-24,26H,5H2,1-2H3. The smallest absolute Gasteiger partial charge is 0.238 e. The lowest BCUT2D eigenvalue weighted by molar-refractivity contribution is 0.430. The summed E-state index contributed by atoms with van der Waals surface area (Å²) in [4.78, 5) is 12.6. The molecule has 140 valence electrons. The van der Waals surface area contributed by atoms with Crippen LogP contribution in [0.2, 0.25) is 0 Å². The van der Waals surface area contributed by atoms with Crippen LogP contribution >= 0.6 is 0 Å². The fourth-order valence-electron chi connectivity index (χ4n) is 2.75. The van der Waals surface area contributed by atoms with Crippen molar-refractivity contribution in [3.8, 4) is 40.1 Å². The van der Waals surface area contributed by atoms with Gasteiger partial charge < -0.3 is 29.9 Å². The van der Waals surface area contributed by atoms with E-state index in [-0.39, 0.29) is 45.8 Å². The minimum Gasteiger partial charge on any atom is -0.508 e. The summed E-state index contributed by atoms with van der Waals surface area (Å²) < 4.78 is 5.50. The topological polar surface area (TPSA) is 131 Å². The number of fused-ring (bicyclic) bond motifs is 1. The lowest BCUT2D eigenvalue weighted by Crippen LogP contribution is -2.04. The highest BCUT2D eigenvalue weighted by Crippen LogP contribution is 2.41. The molecule has 0 aliphatic rings. The van der Waals surface area contributed by atoms with Crippen LogP contribution in [0.1, 0.15) is 19.4 Å². The molecule has 0 saturated carbocycles. The molecule has 27 heavy (non-hydrogen) atoms. The van der Waals surface area contributed by atoms with Crippen molar-refractivity contribution in [2.75, 3.05) is 0 Å². The molecule has 0 fully saturated rings. The first-order valence-electron chi connectivity index (χ1n) is 8.10. The van der Waals surface area contributed by atoms with E-state index in [9.17, 15) is 30.3 Å². The zero-order valence-corrected chi connectivity index (χ0v) is 14.6. The maximum atomic E-state index is 12.6. The van der Waals surface area contributed by atoms with Crippen LogP contribution in [0.3, 0.4) is 0 Å². The Bertz CT molecular complexity index is 1140. The highest BCUT2D eigenvalue weighted by molar-refractivity contribution is 5.90. The predicted molar refractivity (Wildman–Crippen MR) is 99.4 cm³/mol. The van der Waals surface area contributed by atoms with Crippen LogP contribution in [0.15, 0.2) is 45.1 Å². The Balaban J connectivity index is 2.31.